The molecule has 2 atom stereocenters. The molecule has 1 fully saturated rings. The highest BCUT2D eigenvalue weighted by Gasteiger charge is 2.34. The lowest BCUT2D eigenvalue weighted by atomic mass is 9.85. The van der Waals surface area contributed by atoms with Crippen molar-refractivity contribution in [2.24, 2.45) is 0 Å². The van der Waals surface area contributed by atoms with E-state index in [-0.39, 0.29) is 17.8 Å². The summed E-state index contributed by atoms with van der Waals surface area (Å²) in [4.78, 5) is 34.6. The smallest absolute Gasteiger partial charge is 0.425 e. The van der Waals surface area contributed by atoms with Gasteiger partial charge in [-0.05, 0) is 60.8 Å². The van der Waals surface area contributed by atoms with Gasteiger partial charge >= 0.3 is 12.2 Å². The number of carbonyl (C=O) groups is 2. The molecule has 1 aromatic rings. The van der Waals surface area contributed by atoms with Crippen LogP contribution >= 0.6 is 0 Å². The quantitative estimate of drug-likeness (QED) is 0.804. The van der Waals surface area contributed by atoms with E-state index in [1.165, 1.54) is 6.20 Å². The number of anilines is 1. The van der Waals surface area contributed by atoms with Crippen LogP contribution < -0.4 is 4.90 Å². The topological polar surface area (TPSA) is 102 Å². The van der Waals surface area contributed by atoms with E-state index in [1.807, 2.05) is 0 Å². The second kappa shape index (κ2) is 8.43. The van der Waals surface area contributed by atoms with Gasteiger partial charge in [0.2, 0.25) is 0 Å². The molecule has 0 radical (unpaired) electrons. The molecule has 0 saturated heterocycles. The van der Waals surface area contributed by atoms with Crippen molar-refractivity contribution >= 4 is 18.0 Å². The van der Waals surface area contributed by atoms with Crippen molar-refractivity contribution in [1.82, 2.24) is 9.97 Å². The van der Waals surface area contributed by atoms with Gasteiger partial charge in [0.1, 0.15) is 11.2 Å². The summed E-state index contributed by atoms with van der Waals surface area (Å²) in [6.45, 7) is 10.3. The summed E-state index contributed by atoms with van der Waals surface area (Å²) in [6.07, 6.45) is 4.10. The van der Waals surface area contributed by atoms with Crippen molar-refractivity contribution in [2.75, 3.05) is 4.90 Å². The van der Waals surface area contributed by atoms with E-state index in [9.17, 15) is 14.7 Å². The Labute approximate surface area is 166 Å². The Morgan fingerprint density at radius 3 is 2.00 bits per heavy atom. The summed E-state index contributed by atoms with van der Waals surface area (Å²) in [5.41, 5.74) is -0.845. The van der Waals surface area contributed by atoms with Gasteiger partial charge in [0.05, 0.1) is 24.2 Å². The summed E-state index contributed by atoms with van der Waals surface area (Å²) < 4.78 is 10.7. The van der Waals surface area contributed by atoms with Gasteiger partial charge in [-0.2, -0.15) is 4.90 Å². The average Bonchev–Trinajstić information content (AvgIpc) is 2.52. The van der Waals surface area contributed by atoms with Crippen molar-refractivity contribution in [2.45, 2.75) is 90.4 Å². The number of ether oxygens (including phenoxy) is 2. The molecule has 8 heteroatoms. The second-order valence-electron chi connectivity index (χ2n) is 9.11. The van der Waals surface area contributed by atoms with Crippen LogP contribution in [0.3, 0.4) is 0 Å². The maximum Gasteiger partial charge on any atom is 0.425 e. The zero-order chi connectivity index (χ0) is 21.1. The number of hydrogen-bond donors (Lipinski definition) is 1. The molecule has 2 rings (SSSR count). The monoisotopic (exact) mass is 393 g/mol. The Bertz CT molecular complexity index is 663. The summed E-state index contributed by atoms with van der Waals surface area (Å²) in [6, 6.07) is 0. The van der Waals surface area contributed by atoms with Gasteiger partial charge in [0.15, 0.2) is 5.82 Å². The number of aliphatic hydroxyl groups is 1. The number of rotatable bonds is 2. The fraction of sp³-hybridized carbons (Fsp3) is 0.700. The predicted octanol–water partition coefficient (Wildman–Crippen LogP) is 4.17. The first-order valence-corrected chi connectivity index (χ1v) is 9.62. The van der Waals surface area contributed by atoms with E-state index in [0.29, 0.717) is 6.42 Å². The fourth-order valence-electron chi connectivity index (χ4n) is 2.97. The highest BCUT2D eigenvalue weighted by Crippen LogP contribution is 2.32. The molecule has 156 valence electrons. The van der Waals surface area contributed by atoms with E-state index < -0.39 is 23.4 Å². The Morgan fingerprint density at radius 1 is 1.00 bits per heavy atom. The summed E-state index contributed by atoms with van der Waals surface area (Å²) in [5, 5.41) is 9.87. The van der Waals surface area contributed by atoms with E-state index >= 15 is 0 Å². The van der Waals surface area contributed by atoms with Crippen LogP contribution in [0.15, 0.2) is 12.4 Å². The van der Waals surface area contributed by atoms with Crippen LogP contribution in [-0.2, 0) is 9.47 Å². The van der Waals surface area contributed by atoms with Gasteiger partial charge in [-0.1, -0.05) is 6.42 Å². The highest BCUT2D eigenvalue weighted by molar-refractivity contribution is 6.08. The van der Waals surface area contributed by atoms with Gasteiger partial charge in [0.25, 0.3) is 0 Å². The molecule has 1 heterocycles. The minimum Gasteiger partial charge on any atom is -0.443 e. The molecule has 0 aromatic carbocycles. The predicted molar refractivity (Wildman–Crippen MR) is 104 cm³/mol. The van der Waals surface area contributed by atoms with Crippen LogP contribution in [0.25, 0.3) is 0 Å². The van der Waals surface area contributed by atoms with E-state index in [4.69, 9.17) is 9.47 Å². The minimum absolute atomic E-state index is 0.0311. The van der Waals surface area contributed by atoms with Gasteiger partial charge in [-0.15, -0.1) is 0 Å². The third-order valence-corrected chi connectivity index (χ3v) is 4.10. The second-order valence-corrected chi connectivity index (χ2v) is 9.11. The third-order valence-electron chi connectivity index (χ3n) is 4.10. The number of hydrogen-bond acceptors (Lipinski definition) is 7. The van der Waals surface area contributed by atoms with Gasteiger partial charge < -0.3 is 14.6 Å². The molecule has 0 spiro atoms. The molecule has 0 bridgehead atoms. The molecular formula is C20H31N3O5. The van der Waals surface area contributed by atoms with Gasteiger partial charge in [-0.25, -0.2) is 14.6 Å². The first kappa shape index (κ1) is 22.1. The van der Waals surface area contributed by atoms with E-state index in [2.05, 4.69) is 9.97 Å². The Hall–Kier alpha value is -2.22. The molecule has 1 aromatic heterocycles. The van der Waals surface area contributed by atoms with E-state index in [0.717, 1.165) is 29.9 Å². The van der Waals surface area contributed by atoms with Crippen LogP contribution in [-0.4, -0.2) is 44.6 Å². The van der Waals surface area contributed by atoms with Crippen molar-refractivity contribution in [3.05, 3.63) is 18.1 Å². The van der Waals surface area contributed by atoms with Crippen LogP contribution in [0, 0.1) is 0 Å². The first-order chi connectivity index (χ1) is 12.9. The van der Waals surface area contributed by atoms with Crippen LogP contribution in [0.5, 0.6) is 0 Å². The lowest BCUT2D eigenvalue weighted by molar-refractivity contribution is 0.0429. The normalized spacial score (nSPS) is 20.4. The summed E-state index contributed by atoms with van der Waals surface area (Å²) >= 11 is 0. The highest BCUT2D eigenvalue weighted by atomic mass is 16.6. The maximum atomic E-state index is 12.6. The minimum atomic E-state index is -0.878. The molecule has 0 aliphatic heterocycles. The lowest BCUT2D eigenvalue weighted by Crippen LogP contribution is -2.44. The summed E-state index contributed by atoms with van der Waals surface area (Å²) in [5.74, 6) is 0.144. The third kappa shape index (κ3) is 6.44. The molecular weight excluding hydrogens is 362 g/mol. The fourth-order valence-corrected chi connectivity index (χ4v) is 2.97. The molecule has 0 unspecified atom stereocenters. The van der Waals surface area contributed by atoms with Crippen molar-refractivity contribution in [1.29, 1.82) is 0 Å². The van der Waals surface area contributed by atoms with Crippen LogP contribution in [0.2, 0.25) is 0 Å². The van der Waals surface area contributed by atoms with E-state index in [1.54, 1.807) is 47.7 Å². The van der Waals surface area contributed by atoms with Gasteiger partial charge in [-0.3, -0.25) is 4.98 Å². The molecule has 2 amide bonds. The first-order valence-electron chi connectivity index (χ1n) is 9.62. The number of amides is 2. The number of imide groups is 1. The molecule has 1 saturated carbocycles. The largest absolute Gasteiger partial charge is 0.443 e. The molecule has 8 nitrogen and oxygen atoms in total. The Balaban J connectivity index is 2.26. The standard InChI is InChI=1S/C20H31N3O5/c1-19(2,3)27-17(25)23(18(26)28-20(4,5)6)16-12-21-15(11-22-16)13-8-7-9-14(24)10-13/h11-14,24H,7-10H2,1-6H3/t13-,14+/m1/s1. The van der Waals surface area contributed by atoms with Gasteiger partial charge in [0, 0.05) is 5.92 Å². The maximum absolute atomic E-state index is 12.6. The van der Waals surface area contributed by atoms with Crippen LogP contribution in [0.4, 0.5) is 15.4 Å². The van der Waals surface area contributed by atoms with Crippen molar-refractivity contribution in [3.63, 3.8) is 0 Å². The zero-order valence-electron chi connectivity index (χ0n) is 17.6. The molecule has 1 N–H and O–H groups in total. The molecule has 1 aliphatic carbocycles. The number of aromatic nitrogens is 2. The summed E-state index contributed by atoms with van der Waals surface area (Å²) in [7, 11) is 0. The Morgan fingerprint density at radius 2 is 1.57 bits per heavy atom. The van der Waals surface area contributed by atoms with Crippen molar-refractivity contribution < 1.29 is 24.2 Å². The molecule has 28 heavy (non-hydrogen) atoms. The number of nitrogens with zero attached hydrogens (tertiary/aromatic N) is 3. The number of aliphatic hydroxyl groups excluding tert-OH is 1. The average molecular weight is 393 g/mol. The molecule has 1 aliphatic rings. The Kier molecular flexibility index (Phi) is 6.64. The number of carbonyl (C=O) groups excluding carboxylic acids is 2. The van der Waals surface area contributed by atoms with Crippen molar-refractivity contribution in [3.8, 4) is 0 Å². The lowest BCUT2D eigenvalue weighted by Gasteiger charge is -2.28. The van der Waals surface area contributed by atoms with Crippen LogP contribution in [0.1, 0.15) is 78.8 Å². The zero-order valence-corrected chi connectivity index (χ0v) is 17.6. The SMILES string of the molecule is CC(C)(C)OC(=O)N(C(=O)OC(C)(C)C)c1cnc([C@@H]2CCC[C@H](O)C2)cn1.